The Balaban J connectivity index is 1.18. The van der Waals surface area contributed by atoms with Crippen molar-refractivity contribution >= 4 is 35.0 Å². The molecule has 2 N–H and O–H groups in total. The fourth-order valence-corrected chi connectivity index (χ4v) is 4.45. The van der Waals surface area contributed by atoms with Crippen LogP contribution in [0.5, 0.6) is 0 Å². The zero-order valence-corrected chi connectivity index (χ0v) is 18.6. The smallest absolute Gasteiger partial charge is 0.255 e. The molecule has 0 aliphatic heterocycles. The molecule has 5 rings (SSSR count). The molecule has 33 heavy (non-hydrogen) atoms. The number of nitrogens with zero attached hydrogens (tertiary/aromatic N) is 4. The summed E-state index contributed by atoms with van der Waals surface area (Å²) >= 11 is 1.25. The van der Waals surface area contributed by atoms with Crippen molar-refractivity contribution in [3.63, 3.8) is 0 Å². The van der Waals surface area contributed by atoms with Crippen LogP contribution in [0, 0.1) is 0 Å². The molecule has 1 heterocycles. The molecule has 0 fully saturated rings. The van der Waals surface area contributed by atoms with Gasteiger partial charge in [-0.25, -0.2) is 4.68 Å². The van der Waals surface area contributed by atoms with Crippen LogP contribution in [0.2, 0.25) is 0 Å². The summed E-state index contributed by atoms with van der Waals surface area (Å²) in [6.45, 7) is 0. The Bertz CT molecular complexity index is 1350. The number of thioether (sulfide) groups is 1. The van der Waals surface area contributed by atoms with Gasteiger partial charge in [-0.15, -0.1) is 5.10 Å². The lowest BCUT2D eigenvalue weighted by Gasteiger charge is -2.09. The number of aryl methyl sites for hydroxylation is 1. The van der Waals surface area contributed by atoms with Gasteiger partial charge in [0.05, 0.1) is 5.75 Å². The van der Waals surface area contributed by atoms with Crippen molar-refractivity contribution in [3.05, 3.63) is 83.4 Å². The van der Waals surface area contributed by atoms with Crippen LogP contribution in [0.15, 0.2) is 71.9 Å². The van der Waals surface area contributed by atoms with E-state index in [1.807, 2.05) is 24.3 Å². The lowest BCUT2D eigenvalue weighted by molar-refractivity contribution is -0.113. The first-order chi connectivity index (χ1) is 16.1. The van der Waals surface area contributed by atoms with Crippen LogP contribution in [-0.2, 0) is 18.3 Å². The molecule has 0 saturated carbocycles. The number of benzene rings is 3. The highest BCUT2D eigenvalue weighted by atomic mass is 32.2. The number of hydrogen-bond donors (Lipinski definition) is 2. The first-order valence-corrected chi connectivity index (χ1v) is 11.3. The van der Waals surface area contributed by atoms with Crippen LogP contribution in [-0.4, -0.2) is 37.8 Å². The maximum absolute atomic E-state index is 12.7. The molecule has 1 aliphatic rings. The molecule has 0 saturated heterocycles. The van der Waals surface area contributed by atoms with Crippen molar-refractivity contribution in [3.8, 4) is 11.1 Å². The van der Waals surface area contributed by atoms with Gasteiger partial charge in [-0.1, -0.05) is 42.1 Å². The number of rotatable bonds is 6. The molecule has 0 radical (unpaired) electrons. The van der Waals surface area contributed by atoms with Crippen LogP contribution in [0.25, 0.3) is 11.1 Å². The van der Waals surface area contributed by atoms with E-state index < -0.39 is 0 Å². The molecule has 164 valence electrons. The van der Waals surface area contributed by atoms with Crippen LogP contribution in [0.1, 0.15) is 21.5 Å². The number of carbonyl (C=O) groups excluding carboxylic acids is 2. The van der Waals surface area contributed by atoms with E-state index in [2.05, 4.69) is 44.4 Å². The number of fused-ring (bicyclic) bond motifs is 3. The van der Waals surface area contributed by atoms with Gasteiger partial charge in [-0.3, -0.25) is 9.59 Å². The van der Waals surface area contributed by atoms with Crippen LogP contribution < -0.4 is 10.6 Å². The van der Waals surface area contributed by atoms with Gasteiger partial charge in [-0.05, 0) is 75.5 Å². The summed E-state index contributed by atoms with van der Waals surface area (Å²) < 4.78 is 1.51. The minimum atomic E-state index is -0.200. The van der Waals surface area contributed by atoms with E-state index in [-0.39, 0.29) is 17.6 Å². The Morgan fingerprint density at radius 3 is 2.48 bits per heavy atom. The van der Waals surface area contributed by atoms with Crippen molar-refractivity contribution in [1.29, 1.82) is 0 Å². The summed E-state index contributed by atoms with van der Waals surface area (Å²) in [7, 11) is 1.71. The van der Waals surface area contributed by atoms with Crippen molar-refractivity contribution in [2.45, 2.75) is 11.6 Å². The average Bonchev–Trinajstić information content (AvgIpc) is 3.40. The van der Waals surface area contributed by atoms with Crippen molar-refractivity contribution < 1.29 is 9.59 Å². The molecule has 8 nitrogen and oxygen atoms in total. The third-order valence-corrected chi connectivity index (χ3v) is 6.41. The summed E-state index contributed by atoms with van der Waals surface area (Å²) in [4.78, 5) is 24.9. The Kier molecular flexibility index (Phi) is 5.62. The average molecular weight is 457 g/mol. The van der Waals surface area contributed by atoms with Crippen LogP contribution >= 0.6 is 11.8 Å². The summed E-state index contributed by atoms with van der Waals surface area (Å²) in [5.74, 6) is -0.202. The normalized spacial score (nSPS) is 11.5. The van der Waals surface area contributed by atoms with Gasteiger partial charge < -0.3 is 10.6 Å². The van der Waals surface area contributed by atoms with Crippen molar-refractivity contribution in [1.82, 2.24) is 20.2 Å². The predicted octanol–water partition coefficient (Wildman–Crippen LogP) is 3.76. The van der Waals surface area contributed by atoms with Crippen molar-refractivity contribution in [2.24, 2.45) is 7.05 Å². The number of amides is 2. The van der Waals surface area contributed by atoms with Gasteiger partial charge in [-0.2, -0.15) is 0 Å². The molecule has 0 unspecified atom stereocenters. The third kappa shape index (κ3) is 4.49. The van der Waals surface area contributed by atoms with Gasteiger partial charge >= 0.3 is 0 Å². The molecular formula is C24H20N6O2S. The number of aromatic nitrogens is 4. The van der Waals surface area contributed by atoms with Crippen molar-refractivity contribution in [2.75, 3.05) is 16.4 Å². The first-order valence-electron chi connectivity index (χ1n) is 10.3. The summed E-state index contributed by atoms with van der Waals surface area (Å²) in [5.41, 5.74) is 6.88. The highest BCUT2D eigenvalue weighted by Crippen LogP contribution is 2.37. The zero-order chi connectivity index (χ0) is 22.8. The van der Waals surface area contributed by atoms with Crippen LogP contribution in [0.4, 0.5) is 11.4 Å². The summed E-state index contributed by atoms with van der Waals surface area (Å²) in [6, 6.07) is 21.2. The molecule has 0 atom stereocenters. The largest absolute Gasteiger partial charge is 0.325 e. The Morgan fingerprint density at radius 2 is 1.70 bits per heavy atom. The third-order valence-electron chi connectivity index (χ3n) is 5.40. The standard InChI is InChI=1S/C24H20N6O2S/c1-30-24(27-28-29-30)33-14-22(31)25-18-8-6-15(7-9-18)23(32)26-19-10-11-21-17(13-19)12-16-4-2-3-5-20(16)21/h2-11,13H,12,14H2,1H3,(H,25,31)(H,26,32). The number of hydrogen-bond acceptors (Lipinski definition) is 6. The fourth-order valence-electron chi connectivity index (χ4n) is 3.80. The molecule has 2 amide bonds. The highest BCUT2D eigenvalue weighted by Gasteiger charge is 2.18. The minimum absolute atomic E-state index is 0.179. The number of nitrogens with one attached hydrogen (secondary N) is 2. The van der Waals surface area contributed by atoms with Gasteiger partial charge in [0.2, 0.25) is 11.1 Å². The number of tetrazole rings is 1. The second-order valence-electron chi connectivity index (χ2n) is 7.66. The number of anilines is 2. The first kappa shape index (κ1) is 20.9. The molecule has 3 aromatic carbocycles. The lowest BCUT2D eigenvalue weighted by Crippen LogP contribution is -2.15. The Hall–Kier alpha value is -3.98. The van der Waals surface area contributed by atoms with E-state index in [9.17, 15) is 9.59 Å². The molecule has 4 aromatic rings. The van der Waals surface area contributed by atoms with E-state index in [0.29, 0.717) is 16.4 Å². The second-order valence-corrected chi connectivity index (χ2v) is 8.60. The maximum Gasteiger partial charge on any atom is 0.255 e. The lowest BCUT2D eigenvalue weighted by atomic mass is 10.1. The summed E-state index contributed by atoms with van der Waals surface area (Å²) in [6.07, 6.45) is 0.870. The quantitative estimate of drug-likeness (QED) is 0.377. The molecular weight excluding hydrogens is 436 g/mol. The molecule has 1 aromatic heterocycles. The molecule has 0 bridgehead atoms. The van der Waals surface area contributed by atoms with E-state index in [1.54, 1.807) is 31.3 Å². The topological polar surface area (TPSA) is 102 Å². The van der Waals surface area contributed by atoms with Gasteiger partial charge in [0.1, 0.15) is 0 Å². The predicted molar refractivity (Wildman–Crippen MR) is 127 cm³/mol. The molecule has 1 aliphatic carbocycles. The minimum Gasteiger partial charge on any atom is -0.325 e. The number of carbonyl (C=O) groups is 2. The van der Waals surface area contributed by atoms with Gasteiger partial charge in [0, 0.05) is 24.0 Å². The second kappa shape index (κ2) is 8.87. The van der Waals surface area contributed by atoms with Crippen LogP contribution in [0.3, 0.4) is 0 Å². The SMILES string of the molecule is Cn1nnnc1SCC(=O)Nc1ccc(C(=O)Nc2ccc3c(c2)Cc2ccccc2-3)cc1. The summed E-state index contributed by atoms with van der Waals surface area (Å²) in [5, 5.41) is 17.4. The molecule has 0 spiro atoms. The van der Waals surface area contributed by atoms with E-state index >= 15 is 0 Å². The highest BCUT2D eigenvalue weighted by molar-refractivity contribution is 7.99. The van der Waals surface area contributed by atoms with E-state index in [4.69, 9.17) is 0 Å². The maximum atomic E-state index is 12.7. The fraction of sp³-hybridized carbons (Fsp3) is 0.125. The zero-order valence-electron chi connectivity index (χ0n) is 17.8. The van der Waals surface area contributed by atoms with E-state index in [0.717, 1.165) is 12.1 Å². The van der Waals surface area contributed by atoms with Gasteiger partial charge in [0.15, 0.2) is 0 Å². The monoisotopic (exact) mass is 456 g/mol. The molecule has 9 heteroatoms. The Morgan fingerprint density at radius 1 is 0.939 bits per heavy atom. The van der Waals surface area contributed by atoms with E-state index in [1.165, 1.54) is 38.7 Å². The van der Waals surface area contributed by atoms with Gasteiger partial charge in [0.25, 0.3) is 5.91 Å². The Labute approximate surface area is 194 Å².